The largest absolute Gasteiger partial charge is 0.329 e. The van der Waals surface area contributed by atoms with E-state index in [1.165, 1.54) is 19.1 Å². The molecule has 0 aromatic heterocycles. The molecule has 1 heterocycles. The fourth-order valence-corrected chi connectivity index (χ4v) is 5.08. The molecule has 2 rings (SSSR count). The molecule has 1 aliphatic carbocycles. The first kappa shape index (κ1) is 15.3. The van der Waals surface area contributed by atoms with Gasteiger partial charge in [0.2, 0.25) is 0 Å². The van der Waals surface area contributed by atoms with Gasteiger partial charge in [-0.2, -0.15) is 0 Å². The molecular formula is C14H28N2O2S. The number of likely N-dealkylation sites (tertiary alicyclic amines) is 1. The van der Waals surface area contributed by atoms with E-state index in [0.717, 1.165) is 32.2 Å². The summed E-state index contributed by atoms with van der Waals surface area (Å²) in [6.07, 6.45) is 7.67. The molecule has 19 heavy (non-hydrogen) atoms. The van der Waals surface area contributed by atoms with Gasteiger partial charge in [-0.3, -0.25) is 4.90 Å². The van der Waals surface area contributed by atoms with Gasteiger partial charge >= 0.3 is 0 Å². The van der Waals surface area contributed by atoms with Gasteiger partial charge in [-0.05, 0) is 44.6 Å². The molecule has 4 atom stereocenters. The predicted octanol–water partition coefficient (Wildman–Crippen LogP) is 1.40. The Bertz CT molecular complexity index is 396. The number of hydrogen-bond acceptors (Lipinski definition) is 4. The quantitative estimate of drug-likeness (QED) is 0.852. The van der Waals surface area contributed by atoms with Gasteiger partial charge in [0, 0.05) is 24.9 Å². The molecule has 0 spiro atoms. The van der Waals surface area contributed by atoms with Gasteiger partial charge in [0.1, 0.15) is 9.84 Å². The maximum absolute atomic E-state index is 11.8. The molecule has 2 fully saturated rings. The van der Waals surface area contributed by atoms with Crippen molar-refractivity contribution in [3.63, 3.8) is 0 Å². The standard InChI is InChI=1S/C14H28N2O2S/c1-11-5-4-8-16(14(11)10-15)12-6-3-7-13(9-12)19(2,17)18/h11-14H,3-10,15H2,1-2H3. The molecule has 2 N–H and O–H groups in total. The Morgan fingerprint density at radius 1 is 1.21 bits per heavy atom. The third-order valence-corrected chi connectivity index (χ3v) is 6.71. The minimum atomic E-state index is -2.89. The molecule has 1 aliphatic heterocycles. The van der Waals surface area contributed by atoms with Crippen LogP contribution >= 0.6 is 0 Å². The average Bonchev–Trinajstić information content (AvgIpc) is 2.37. The second-order valence-corrected chi connectivity index (χ2v) is 8.76. The summed E-state index contributed by atoms with van der Waals surface area (Å²) >= 11 is 0. The van der Waals surface area contributed by atoms with Gasteiger partial charge in [-0.1, -0.05) is 13.3 Å². The van der Waals surface area contributed by atoms with Crippen LogP contribution in [0.4, 0.5) is 0 Å². The van der Waals surface area contributed by atoms with E-state index in [-0.39, 0.29) is 5.25 Å². The minimum absolute atomic E-state index is 0.137. The van der Waals surface area contributed by atoms with Crippen molar-refractivity contribution >= 4 is 9.84 Å². The molecular weight excluding hydrogens is 260 g/mol. The van der Waals surface area contributed by atoms with Crippen LogP contribution in [0.2, 0.25) is 0 Å². The van der Waals surface area contributed by atoms with Crippen molar-refractivity contribution in [1.82, 2.24) is 4.90 Å². The predicted molar refractivity (Wildman–Crippen MR) is 78.8 cm³/mol. The van der Waals surface area contributed by atoms with Crippen LogP contribution in [0, 0.1) is 5.92 Å². The van der Waals surface area contributed by atoms with Gasteiger partial charge in [0.25, 0.3) is 0 Å². The van der Waals surface area contributed by atoms with Crippen molar-refractivity contribution in [3.05, 3.63) is 0 Å². The number of sulfone groups is 1. The zero-order valence-corrected chi connectivity index (χ0v) is 13.0. The number of nitrogens with zero attached hydrogens (tertiary/aromatic N) is 1. The average molecular weight is 288 g/mol. The summed E-state index contributed by atoms with van der Waals surface area (Å²) in [5.41, 5.74) is 5.95. The molecule has 112 valence electrons. The van der Waals surface area contributed by atoms with Crippen LogP contribution in [0.5, 0.6) is 0 Å². The lowest BCUT2D eigenvalue weighted by Gasteiger charge is -2.46. The Morgan fingerprint density at radius 2 is 1.95 bits per heavy atom. The Balaban J connectivity index is 2.07. The lowest BCUT2D eigenvalue weighted by atomic mass is 9.85. The van der Waals surface area contributed by atoms with Crippen molar-refractivity contribution in [2.75, 3.05) is 19.3 Å². The smallest absolute Gasteiger partial charge is 0.150 e. The molecule has 4 nitrogen and oxygen atoms in total. The van der Waals surface area contributed by atoms with Gasteiger partial charge < -0.3 is 5.73 Å². The highest BCUT2D eigenvalue weighted by molar-refractivity contribution is 7.91. The van der Waals surface area contributed by atoms with E-state index >= 15 is 0 Å². The first-order chi connectivity index (χ1) is 8.93. The summed E-state index contributed by atoms with van der Waals surface area (Å²) < 4.78 is 23.6. The maximum atomic E-state index is 11.8. The fourth-order valence-electron chi connectivity index (χ4n) is 3.91. The Hall–Kier alpha value is -0.130. The van der Waals surface area contributed by atoms with Crippen LogP contribution in [-0.4, -0.2) is 50.0 Å². The zero-order chi connectivity index (χ0) is 14.0. The van der Waals surface area contributed by atoms with Gasteiger partial charge in [-0.15, -0.1) is 0 Å². The number of nitrogens with two attached hydrogens (primary N) is 1. The van der Waals surface area contributed by atoms with Gasteiger partial charge in [0.05, 0.1) is 5.25 Å². The summed E-state index contributed by atoms with van der Waals surface area (Å²) in [4.78, 5) is 2.52. The minimum Gasteiger partial charge on any atom is -0.329 e. The highest BCUT2D eigenvalue weighted by atomic mass is 32.2. The molecule has 5 heteroatoms. The van der Waals surface area contributed by atoms with E-state index in [4.69, 9.17) is 5.73 Å². The third kappa shape index (κ3) is 3.50. The maximum Gasteiger partial charge on any atom is 0.150 e. The van der Waals surface area contributed by atoms with Crippen LogP contribution in [-0.2, 0) is 9.84 Å². The van der Waals surface area contributed by atoms with E-state index in [9.17, 15) is 8.42 Å². The molecule has 0 radical (unpaired) electrons. The highest BCUT2D eigenvalue weighted by Gasteiger charge is 2.37. The van der Waals surface area contributed by atoms with E-state index in [2.05, 4.69) is 11.8 Å². The topological polar surface area (TPSA) is 63.4 Å². The monoisotopic (exact) mass is 288 g/mol. The number of hydrogen-bond donors (Lipinski definition) is 1. The lowest BCUT2D eigenvalue weighted by Crippen LogP contribution is -2.54. The van der Waals surface area contributed by atoms with Gasteiger partial charge in [0.15, 0.2) is 0 Å². The van der Waals surface area contributed by atoms with Crippen molar-refractivity contribution in [2.45, 2.75) is 62.8 Å². The lowest BCUT2D eigenvalue weighted by molar-refractivity contribution is 0.0459. The SMILES string of the molecule is CC1CCCN(C2CCCC(S(C)(=O)=O)C2)C1CN. The normalized spacial score (nSPS) is 38.3. The second kappa shape index (κ2) is 6.10. The second-order valence-electron chi connectivity index (χ2n) is 6.43. The molecule has 0 bridgehead atoms. The number of rotatable bonds is 3. The van der Waals surface area contributed by atoms with Crippen LogP contribution in [0.25, 0.3) is 0 Å². The van der Waals surface area contributed by atoms with Crippen LogP contribution in [0.15, 0.2) is 0 Å². The number of piperidine rings is 1. The summed E-state index contributed by atoms with van der Waals surface area (Å²) in [6, 6.07) is 0.863. The van der Waals surface area contributed by atoms with Crippen molar-refractivity contribution in [3.8, 4) is 0 Å². The summed E-state index contributed by atoms with van der Waals surface area (Å²) in [5.74, 6) is 0.636. The zero-order valence-electron chi connectivity index (χ0n) is 12.2. The summed E-state index contributed by atoms with van der Waals surface area (Å²) in [5, 5.41) is -0.137. The summed E-state index contributed by atoms with van der Waals surface area (Å²) in [6.45, 7) is 4.06. The molecule has 1 saturated heterocycles. The van der Waals surface area contributed by atoms with E-state index in [1.54, 1.807) is 0 Å². The third-order valence-electron chi connectivity index (χ3n) is 5.07. The molecule has 0 aromatic carbocycles. The van der Waals surface area contributed by atoms with E-state index < -0.39 is 9.84 Å². The first-order valence-electron chi connectivity index (χ1n) is 7.58. The Labute approximate surface area is 117 Å². The fraction of sp³-hybridized carbons (Fsp3) is 1.00. The molecule has 0 aromatic rings. The van der Waals surface area contributed by atoms with Crippen molar-refractivity contribution < 1.29 is 8.42 Å². The van der Waals surface area contributed by atoms with E-state index in [1.807, 2.05) is 0 Å². The van der Waals surface area contributed by atoms with E-state index in [0.29, 0.717) is 24.5 Å². The Kier molecular flexibility index (Phi) is 4.90. The first-order valence-corrected chi connectivity index (χ1v) is 9.53. The molecule has 1 saturated carbocycles. The molecule has 4 unspecified atom stereocenters. The van der Waals surface area contributed by atoms with Crippen LogP contribution in [0.3, 0.4) is 0 Å². The van der Waals surface area contributed by atoms with Crippen molar-refractivity contribution in [2.24, 2.45) is 11.7 Å². The Morgan fingerprint density at radius 3 is 2.58 bits per heavy atom. The molecule has 2 aliphatic rings. The van der Waals surface area contributed by atoms with Crippen LogP contribution < -0.4 is 5.73 Å². The van der Waals surface area contributed by atoms with Crippen LogP contribution in [0.1, 0.15) is 45.4 Å². The van der Waals surface area contributed by atoms with Gasteiger partial charge in [-0.25, -0.2) is 8.42 Å². The molecule has 0 amide bonds. The summed E-state index contributed by atoms with van der Waals surface area (Å²) in [7, 11) is -2.89. The van der Waals surface area contributed by atoms with Crippen molar-refractivity contribution in [1.29, 1.82) is 0 Å². The highest BCUT2D eigenvalue weighted by Crippen LogP contribution is 2.32.